The molecule has 4 rings (SSSR count). The van der Waals surface area contributed by atoms with Crippen LogP contribution in [0.25, 0.3) is 11.1 Å². The highest BCUT2D eigenvalue weighted by Gasteiger charge is 2.35. The average molecular weight is 465 g/mol. The molecule has 34 heavy (non-hydrogen) atoms. The number of benzene rings is 2. The van der Waals surface area contributed by atoms with Gasteiger partial charge in [-0.15, -0.1) is 0 Å². The first-order valence-electron chi connectivity index (χ1n) is 12.0. The van der Waals surface area contributed by atoms with Crippen LogP contribution < -0.4 is 5.32 Å². The number of carbonyl (C=O) groups excluding carboxylic acids is 2. The van der Waals surface area contributed by atoms with Crippen LogP contribution in [0.15, 0.2) is 48.5 Å². The van der Waals surface area contributed by atoms with Crippen molar-refractivity contribution in [3.05, 3.63) is 59.7 Å². The van der Waals surface area contributed by atoms with Crippen LogP contribution in [0.4, 0.5) is 4.79 Å². The van der Waals surface area contributed by atoms with E-state index >= 15 is 0 Å². The van der Waals surface area contributed by atoms with Gasteiger partial charge in [-0.2, -0.15) is 0 Å². The van der Waals surface area contributed by atoms with Crippen molar-refractivity contribution in [2.75, 3.05) is 13.2 Å². The second kappa shape index (κ2) is 10.3. The summed E-state index contributed by atoms with van der Waals surface area (Å²) in [5, 5.41) is 12.3. The van der Waals surface area contributed by atoms with Crippen molar-refractivity contribution >= 4 is 18.0 Å². The Hall–Kier alpha value is -3.35. The van der Waals surface area contributed by atoms with Gasteiger partial charge in [0.1, 0.15) is 12.6 Å². The lowest BCUT2D eigenvalue weighted by Crippen LogP contribution is -2.51. The molecule has 0 saturated carbocycles. The number of nitrogens with one attached hydrogen (secondary N) is 1. The Morgan fingerprint density at radius 1 is 1.09 bits per heavy atom. The molecular weight excluding hydrogens is 432 g/mol. The molecule has 2 aromatic rings. The number of aliphatic carboxylic acids is 1. The SMILES string of the molecule is CCC(CC(=O)N1CCC(C)CC1C(=O)O)NC(=O)OCC1c2ccccc2-c2ccccc21. The van der Waals surface area contributed by atoms with E-state index in [-0.39, 0.29) is 30.8 Å². The predicted octanol–water partition coefficient (Wildman–Crippen LogP) is 4.41. The summed E-state index contributed by atoms with van der Waals surface area (Å²) in [7, 11) is 0. The van der Waals surface area contributed by atoms with E-state index in [2.05, 4.69) is 29.6 Å². The number of hydrogen-bond acceptors (Lipinski definition) is 4. The third-order valence-electron chi connectivity index (χ3n) is 7.05. The van der Waals surface area contributed by atoms with Crippen LogP contribution in [0.1, 0.15) is 56.6 Å². The summed E-state index contributed by atoms with van der Waals surface area (Å²) in [4.78, 5) is 38.6. The maximum Gasteiger partial charge on any atom is 0.407 e. The van der Waals surface area contributed by atoms with Crippen molar-refractivity contribution < 1.29 is 24.2 Å². The molecule has 7 nitrogen and oxygen atoms in total. The van der Waals surface area contributed by atoms with E-state index < -0.39 is 24.1 Å². The minimum absolute atomic E-state index is 0.0356. The second-order valence-electron chi connectivity index (χ2n) is 9.35. The molecule has 3 unspecified atom stereocenters. The number of fused-ring (bicyclic) bond motifs is 3. The fourth-order valence-corrected chi connectivity index (χ4v) is 5.11. The molecule has 2 aliphatic rings. The van der Waals surface area contributed by atoms with Gasteiger partial charge in [-0.3, -0.25) is 4.79 Å². The molecule has 1 heterocycles. The Morgan fingerprint density at radius 3 is 2.29 bits per heavy atom. The molecule has 3 atom stereocenters. The zero-order valence-electron chi connectivity index (χ0n) is 19.7. The molecule has 2 aromatic carbocycles. The van der Waals surface area contributed by atoms with Gasteiger partial charge >= 0.3 is 12.1 Å². The van der Waals surface area contributed by atoms with Gasteiger partial charge in [0.25, 0.3) is 0 Å². The van der Waals surface area contributed by atoms with E-state index in [1.54, 1.807) is 0 Å². The number of alkyl carbamates (subject to hydrolysis) is 1. The van der Waals surface area contributed by atoms with E-state index in [0.29, 0.717) is 19.4 Å². The van der Waals surface area contributed by atoms with Crippen LogP contribution in [0.5, 0.6) is 0 Å². The highest BCUT2D eigenvalue weighted by Crippen LogP contribution is 2.44. The standard InChI is InChI=1S/C27H32N2O5/c1-3-18(15-25(30)29-13-12-17(2)14-24(29)26(31)32)28-27(33)34-16-23-21-10-6-4-8-19(21)20-9-5-7-11-22(20)23/h4-11,17-18,23-24H,3,12-16H2,1-2H3,(H,28,33)(H,31,32). The van der Waals surface area contributed by atoms with E-state index in [9.17, 15) is 19.5 Å². The normalized spacial score (nSPS) is 20.2. The van der Waals surface area contributed by atoms with Gasteiger partial charge in [0.2, 0.25) is 5.91 Å². The zero-order chi connectivity index (χ0) is 24.2. The highest BCUT2D eigenvalue weighted by atomic mass is 16.5. The van der Waals surface area contributed by atoms with E-state index in [1.165, 1.54) is 4.90 Å². The largest absolute Gasteiger partial charge is 0.480 e. The number of nitrogens with zero attached hydrogens (tertiary/aromatic N) is 1. The second-order valence-corrected chi connectivity index (χ2v) is 9.35. The van der Waals surface area contributed by atoms with Crippen LogP contribution in [-0.2, 0) is 14.3 Å². The first kappa shape index (κ1) is 23.8. The Bertz CT molecular complexity index is 1020. The Balaban J connectivity index is 1.35. The molecule has 1 aliphatic carbocycles. The van der Waals surface area contributed by atoms with E-state index in [0.717, 1.165) is 28.7 Å². The molecule has 1 aliphatic heterocycles. The molecule has 1 fully saturated rings. The van der Waals surface area contributed by atoms with Crippen LogP contribution in [0.3, 0.4) is 0 Å². The van der Waals surface area contributed by atoms with Crippen molar-refractivity contribution in [1.82, 2.24) is 10.2 Å². The van der Waals surface area contributed by atoms with Crippen molar-refractivity contribution in [2.24, 2.45) is 5.92 Å². The Labute approximate surface area is 200 Å². The van der Waals surface area contributed by atoms with Gasteiger partial charge in [0.05, 0.1) is 0 Å². The summed E-state index contributed by atoms with van der Waals surface area (Å²) in [5.74, 6) is -0.986. The van der Waals surface area contributed by atoms with Crippen LogP contribution >= 0.6 is 0 Å². The van der Waals surface area contributed by atoms with Gasteiger partial charge in [-0.1, -0.05) is 62.4 Å². The molecule has 0 bridgehead atoms. The van der Waals surface area contributed by atoms with E-state index in [1.807, 2.05) is 38.1 Å². The van der Waals surface area contributed by atoms with Crippen LogP contribution in [-0.4, -0.2) is 53.2 Å². The molecule has 2 N–H and O–H groups in total. The topological polar surface area (TPSA) is 95.9 Å². The van der Waals surface area contributed by atoms with Gasteiger partial charge in [-0.25, -0.2) is 9.59 Å². The summed E-state index contributed by atoms with van der Waals surface area (Å²) in [6.45, 7) is 4.52. The number of rotatable bonds is 7. The predicted molar refractivity (Wildman–Crippen MR) is 128 cm³/mol. The lowest BCUT2D eigenvalue weighted by Gasteiger charge is -2.36. The summed E-state index contributed by atoms with van der Waals surface area (Å²) in [6, 6.07) is 15.1. The quantitative estimate of drug-likeness (QED) is 0.633. The van der Waals surface area contributed by atoms with Crippen molar-refractivity contribution in [3.63, 3.8) is 0 Å². The summed E-state index contributed by atoms with van der Waals surface area (Å²) < 4.78 is 5.60. The number of carboxylic acids is 1. The molecule has 0 spiro atoms. The molecular formula is C27H32N2O5. The van der Waals surface area contributed by atoms with Gasteiger partial charge in [-0.05, 0) is 47.4 Å². The van der Waals surface area contributed by atoms with Crippen LogP contribution in [0.2, 0.25) is 0 Å². The smallest absolute Gasteiger partial charge is 0.407 e. The average Bonchev–Trinajstić information content (AvgIpc) is 3.15. The number of hydrogen-bond donors (Lipinski definition) is 2. The van der Waals surface area contributed by atoms with Crippen molar-refractivity contribution in [2.45, 2.75) is 57.5 Å². The molecule has 7 heteroatoms. The number of piperidine rings is 1. The van der Waals surface area contributed by atoms with Gasteiger partial charge in [0, 0.05) is 24.9 Å². The zero-order valence-corrected chi connectivity index (χ0v) is 19.7. The monoisotopic (exact) mass is 464 g/mol. The summed E-state index contributed by atoms with van der Waals surface area (Å²) >= 11 is 0. The number of likely N-dealkylation sites (tertiary alicyclic amines) is 1. The number of amides is 2. The van der Waals surface area contributed by atoms with Crippen LogP contribution in [0, 0.1) is 5.92 Å². The van der Waals surface area contributed by atoms with Crippen molar-refractivity contribution in [3.8, 4) is 11.1 Å². The molecule has 0 radical (unpaired) electrons. The highest BCUT2D eigenvalue weighted by molar-refractivity contribution is 5.84. The maximum atomic E-state index is 12.9. The maximum absolute atomic E-state index is 12.9. The molecule has 180 valence electrons. The van der Waals surface area contributed by atoms with Gasteiger partial charge < -0.3 is 20.1 Å². The molecule has 1 saturated heterocycles. The Morgan fingerprint density at radius 2 is 1.71 bits per heavy atom. The van der Waals surface area contributed by atoms with Gasteiger partial charge in [0.15, 0.2) is 0 Å². The lowest BCUT2D eigenvalue weighted by molar-refractivity contribution is -0.153. The third kappa shape index (κ3) is 4.93. The number of carboxylic acid groups (broad SMARTS) is 1. The molecule has 2 amide bonds. The summed E-state index contributed by atoms with van der Waals surface area (Å²) in [5.41, 5.74) is 4.59. The fourth-order valence-electron chi connectivity index (χ4n) is 5.11. The fraction of sp³-hybridized carbons (Fsp3) is 0.444. The first-order valence-corrected chi connectivity index (χ1v) is 12.0. The number of ether oxygens (including phenoxy) is 1. The lowest BCUT2D eigenvalue weighted by atomic mass is 9.92. The number of carbonyl (C=O) groups is 3. The van der Waals surface area contributed by atoms with E-state index in [4.69, 9.17) is 4.74 Å². The first-order chi connectivity index (χ1) is 16.4. The molecule has 0 aromatic heterocycles. The third-order valence-corrected chi connectivity index (χ3v) is 7.05. The minimum atomic E-state index is -0.975. The van der Waals surface area contributed by atoms with Crippen molar-refractivity contribution in [1.29, 1.82) is 0 Å². The summed E-state index contributed by atoms with van der Waals surface area (Å²) in [6.07, 6.45) is 1.27. The Kier molecular flexibility index (Phi) is 7.20. The minimum Gasteiger partial charge on any atom is -0.480 e.